The molecule has 2 aliphatic rings. The standard InChI is InChI=1S/C16H21N3/c17-10-14-4-1-2-5-15(14)11-19-9-7-16(13-19)6-3-8-18-12-16/h1-2,4-5,18H,3,6-9,11-13H2/t16-/m0/s1. The number of hydrogen-bond donors (Lipinski definition) is 1. The number of nitrogens with zero attached hydrogens (tertiary/aromatic N) is 2. The molecule has 3 rings (SSSR count). The molecule has 3 nitrogen and oxygen atoms in total. The molecule has 2 saturated heterocycles. The van der Waals surface area contributed by atoms with Gasteiger partial charge in [0.15, 0.2) is 0 Å². The van der Waals surface area contributed by atoms with Crippen molar-refractivity contribution >= 4 is 0 Å². The lowest BCUT2D eigenvalue weighted by Crippen LogP contribution is -2.41. The first-order valence-electron chi connectivity index (χ1n) is 7.22. The Morgan fingerprint density at radius 1 is 1.32 bits per heavy atom. The van der Waals surface area contributed by atoms with Gasteiger partial charge in [-0.25, -0.2) is 0 Å². The SMILES string of the molecule is N#Cc1ccccc1CN1CC[C@]2(CCCNC2)C1. The highest BCUT2D eigenvalue weighted by molar-refractivity contribution is 5.37. The third-order valence-corrected chi connectivity index (χ3v) is 4.61. The maximum Gasteiger partial charge on any atom is 0.0995 e. The van der Waals surface area contributed by atoms with Gasteiger partial charge in [0.05, 0.1) is 11.6 Å². The predicted octanol–water partition coefficient (Wildman–Crippen LogP) is 2.13. The second kappa shape index (κ2) is 5.32. The van der Waals surface area contributed by atoms with Crippen molar-refractivity contribution in [1.82, 2.24) is 10.2 Å². The predicted molar refractivity (Wildman–Crippen MR) is 75.6 cm³/mol. The first-order chi connectivity index (χ1) is 9.31. The van der Waals surface area contributed by atoms with Crippen LogP contribution in [0.5, 0.6) is 0 Å². The molecule has 2 heterocycles. The van der Waals surface area contributed by atoms with Crippen LogP contribution in [0, 0.1) is 16.7 Å². The van der Waals surface area contributed by atoms with E-state index >= 15 is 0 Å². The summed E-state index contributed by atoms with van der Waals surface area (Å²) in [4.78, 5) is 2.52. The molecule has 1 aromatic rings. The van der Waals surface area contributed by atoms with Gasteiger partial charge < -0.3 is 5.32 Å². The van der Waals surface area contributed by atoms with Crippen LogP contribution < -0.4 is 5.32 Å². The lowest BCUT2D eigenvalue weighted by molar-refractivity contribution is 0.199. The van der Waals surface area contributed by atoms with Gasteiger partial charge in [0, 0.05) is 19.6 Å². The van der Waals surface area contributed by atoms with E-state index in [2.05, 4.69) is 22.4 Å². The third kappa shape index (κ3) is 2.65. The molecule has 3 heteroatoms. The smallest absolute Gasteiger partial charge is 0.0995 e. The van der Waals surface area contributed by atoms with E-state index in [1.54, 1.807) is 0 Å². The van der Waals surface area contributed by atoms with Crippen molar-refractivity contribution in [3.05, 3.63) is 35.4 Å². The molecule has 0 aromatic heterocycles. The molecule has 1 spiro atoms. The number of likely N-dealkylation sites (tertiary alicyclic amines) is 1. The van der Waals surface area contributed by atoms with Crippen LogP contribution in [-0.4, -0.2) is 31.1 Å². The van der Waals surface area contributed by atoms with E-state index in [9.17, 15) is 0 Å². The Hall–Kier alpha value is -1.37. The lowest BCUT2D eigenvalue weighted by atomic mass is 9.80. The number of hydrogen-bond acceptors (Lipinski definition) is 3. The van der Waals surface area contributed by atoms with E-state index in [-0.39, 0.29) is 0 Å². The normalized spacial score (nSPS) is 27.5. The van der Waals surface area contributed by atoms with Crippen LogP contribution in [0.1, 0.15) is 30.4 Å². The van der Waals surface area contributed by atoms with Gasteiger partial charge in [-0.05, 0) is 49.4 Å². The molecular weight excluding hydrogens is 234 g/mol. The summed E-state index contributed by atoms with van der Waals surface area (Å²) >= 11 is 0. The Bertz CT molecular complexity index is 483. The van der Waals surface area contributed by atoms with Crippen LogP contribution in [0.25, 0.3) is 0 Å². The van der Waals surface area contributed by atoms with E-state index in [0.717, 1.165) is 12.1 Å². The molecule has 0 amide bonds. The van der Waals surface area contributed by atoms with Gasteiger partial charge in [-0.2, -0.15) is 5.26 Å². The van der Waals surface area contributed by atoms with E-state index in [4.69, 9.17) is 5.26 Å². The fourth-order valence-electron chi connectivity index (χ4n) is 3.55. The highest BCUT2D eigenvalue weighted by atomic mass is 15.2. The summed E-state index contributed by atoms with van der Waals surface area (Å²) in [5.74, 6) is 0. The summed E-state index contributed by atoms with van der Waals surface area (Å²) in [5.41, 5.74) is 2.50. The van der Waals surface area contributed by atoms with Gasteiger partial charge in [0.25, 0.3) is 0 Å². The van der Waals surface area contributed by atoms with Crippen LogP contribution >= 0.6 is 0 Å². The van der Waals surface area contributed by atoms with E-state index in [1.165, 1.54) is 51.0 Å². The highest BCUT2D eigenvalue weighted by Crippen LogP contribution is 2.37. The molecule has 2 fully saturated rings. The van der Waals surface area contributed by atoms with Crippen molar-refractivity contribution in [2.45, 2.75) is 25.8 Å². The Kier molecular flexibility index (Phi) is 3.54. The van der Waals surface area contributed by atoms with Crippen LogP contribution in [0.15, 0.2) is 24.3 Å². The summed E-state index contributed by atoms with van der Waals surface area (Å²) in [6.07, 6.45) is 3.97. The fourth-order valence-corrected chi connectivity index (χ4v) is 3.55. The Labute approximate surface area is 115 Å². The number of piperidine rings is 1. The molecule has 1 aromatic carbocycles. The van der Waals surface area contributed by atoms with Gasteiger partial charge in [0.2, 0.25) is 0 Å². The summed E-state index contributed by atoms with van der Waals surface area (Å²) in [5, 5.41) is 12.7. The lowest BCUT2D eigenvalue weighted by Gasteiger charge is -2.34. The average molecular weight is 255 g/mol. The van der Waals surface area contributed by atoms with Crippen LogP contribution in [0.4, 0.5) is 0 Å². The third-order valence-electron chi connectivity index (χ3n) is 4.61. The van der Waals surface area contributed by atoms with Crippen molar-refractivity contribution in [1.29, 1.82) is 5.26 Å². The van der Waals surface area contributed by atoms with Crippen LogP contribution in [0.3, 0.4) is 0 Å². The molecule has 0 bridgehead atoms. The monoisotopic (exact) mass is 255 g/mol. The van der Waals surface area contributed by atoms with Crippen molar-refractivity contribution in [3.8, 4) is 6.07 Å². The number of benzene rings is 1. The molecule has 1 atom stereocenters. The summed E-state index contributed by atoms with van der Waals surface area (Å²) in [6, 6.07) is 10.3. The topological polar surface area (TPSA) is 39.1 Å². The molecule has 0 unspecified atom stereocenters. The average Bonchev–Trinajstić information content (AvgIpc) is 2.83. The van der Waals surface area contributed by atoms with Crippen LogP contribution in [-0.2, 0) is 6.54 Å². The molecular formula is C16H21N3. The quantitative estimate of drug-likeness (QED) is 0.880. The molecule has 2 aliphatic heterocycles. The zero-order valence-electron chi connectivity index (χ0n) is 11.4. The van der Waals surface area contributed by atoms with E-state index in [0.29, 0.717) is 5.41 Å². The van der Waals surface area contributed by atoms with Gasteiger partial charge in [0.1, 0.15) is 0 Å². The molecule has 1 N–H and O–H groups in total. The van der Waals surface area contributed by atoms with Crippen LogP contribution in [0.2, 0.25) is 0 Å². The highest BCUT2D eigenvalue weighted by Gasteiger charge is 2.38. The van der Waals surface area contributed by atoms with Gasteiger partial charge in [-0.3, -0.25) is 4.90 Å². The Balaban J connectivity index is 1.67. The maximum atomic E-state index is 9.16. The Morgan fingerprint density at radius 2 is 2.21 bits per heavy atom. The maximum absolute atomic E-state index is 9.16. The zero-order valence-corrected chi connectivity index (χ0v) is 11.4. The van der Waals surface area contributed by atoms with Crippen molar-refractivity contribution in [3.63, 3.8) is 0 Å². The van der Waals surface area contributed by atoms with Gasteiger partial charge in [-0.15, -0.1) is 0 Å². The second-order valence-corrected chi connectivity index (χ2v) is 6.01. The van der Waals surface area contributed by atoms with Crippen molar-refractivity contribution in [2.75, 3.05) is 26.2 Å². The first kappa shape index (κ1) is 12.7. The number of nitriles is 1. The summed E-state index contributed by atoms with van der Waals surface area (Å²) in [7, 11) is 0. The van der Waals surface area contributed by atoms with Gasteiger partial charge in [-0.1, -0.05) is 18.2 Å². The van der Waals surface area contributed by atoms with Crippen molar-refractivity contribution < 1.29 is 0 Å². The van der Waals surface area contributed by atoms with E-state index in [1.807, 2.05) is 18.2 Å². The van der Waals surface area contributed by atoms with E-state index < -0.39 is 0 Å². The minimum absolute atomic E-state index is 0.500. The Morgan fingerprint density at radius 3 is 3.00 bits per heavy atom. The van der Waals surface area contributed by atoms with Gasteiger partial charge >= 0.3 is 0 Å². The summed E-state index contributed by atoms with van der Waals surface area (Å²) in [6.45, 7) is 5.62. The first-order valence-corrected chi connectivity index (χ1v) is 7.22. The molecule has 0 aliphatic carbocycles. The second-order valence-electron chi connectivity index (χ2n) is 6.01. The molecule has 19 heavy (non-hydrogen) atoms. The zero-order chi connectivity index (χ0) is 13.1. The number of rotatable bonds is 2. The number of nitrogens with one attached hydrogen (secondary N) is 1. The fraction of sp³-hybridized carbons (Fsp3) is 0.562. The molecule has 0 radical (unpaired) electrons. The molecule has 100 valence electrons. The molecule has 0 saturated carbocycles. The minimum Gasteiger partial charge on any atom is -0.316 e. The largest absolute Gasteiger partial charge is 0.316 e. The van der Waals surface area contributed by atoms with Crippen molar-refractivity contribution in [2.24, 2.45) is 5.41 Å². The summed E-state index contributed by atoms with van der Waals surface area (Å²) < 4.78 is 0. The minimum atomic E-state index is 0.500.